The topological polar surface area (TPSA) is 25.8 Å². The van der Waals surface area contributed by atoms with E-state index in [2.05, 4.69) is 9.97 Å². The Bertz CT molecular complexity index is 637. The molecule has 1 saturated heterocycles. The first-order valence-corrected chi connectivity index (χ1v) is 8.56. The van der Waals surface area contributed by atoms with Gasteiger partial charge in [0.25, 0.3) is 0 Å². The molecule has 2 nitrogen and oxygen atoms in total. The first kappa shape index (κ1) is 15.1. The van der Waals surface area contributed by atoms with Crippen molar-refractivity contribution in [3.05, 3.63) is 46.2 Å². The predicted molar refractivity (Wildman–Crippen MR) is 86.5 cm³/mol. The number of hydrogen-bond donors (Lipinski definition) is 0. The van der Waals surface area contributed by atoms with Gasteiger partial charge in [-0.2, -0.15) is 11.8 Å². The van der Waals surface area contributed by atoms with E-state index in [0.29, 0.717) is 17.0 Å². The first-order valence-electron chi connectivity index (χ1n) is 6.75. The van der Waals surface area contributed by atoms with Gasteiger partial charge in [0.15, 0.2) is 0 Å². The molecule has 0 radical (unpaired) electrons. The van der Waals surface area contributed by atoms with Crippen LogP contribution in [0.5, 0.6) is 0 Å². The number of aromatic nitrogens is 2. The van der Waals surface area contributed by atoms with Crippen LogP contribution in [0.25, 0.3) is 11.1 Å². The molecule has 2 aromatic rings. The normalized spacial score (nSPS) is 18.7. The van der Waals surface area contributed by atoms with E-state index in [1.807, 2.05) is 11.8 Å². The van der Waals surface area contributed by atoms with Gasteiger partial charge in [-0.25, -0.2) is 14.4 Å². The quantitative estimate of drug-likeness (QED) is 0.669. The van der Waals surface area contributed by atoms with Gasteiger partial charge >= 0.3 is 0 Å². The van der Waals surface area contributed by atoms with Gasteiger partial charge in [-0.1, -0.05) is 41.8 Å². The van der Waals surface area contributed by atoms with Crippen LogP contribution in [0.1, 0.15) is 30.3 Å². The van der Waals surface area contributed by atoms with Gasteiger partial charge in [0.05, 0.1) is 10.8 Å². The molecule has 1 atom stereocenters. The van der Waals surface area contributed by atoms with Crippen LogP contribution in [-0.2, 0) is 0 Å². The molecule has 110 valence electrons. The molecule has 0 N–H and O–H groups in total. The van der Waals surface area contributed by atoms with Crippen molar-refractivity contribution in [3.8, 4) is 11.1 Å². The van der Waals surface area contributed by atoms with Crippen LogP contribution < -0.4 is 0 Å². The highest BCUT2D eigenvalue weighted by molar-refractivity contribution is 7.99. The van der Waals surface area contributed by atoms with Crippen LogP contribution in [0.2, 0.25) is 10.3 Å². The Balaban J connectivity index is 2.00. The summed E-state index contributed by atoms with van der Waals surface area (Å²) in [4.78, 5) is 8.78. The lowest BCUT2D eigenvalue weighted by Crippen LogP contribution is -2.07. The molecule has 1 aliphatic heterocycles. The third-order valence-corrected chi connectivity index (χ3v) is 5.34. The molecule has 21 heavy (non-hydrogen) atoms. The van der Waals surface area contributed by atoms with Crippen molar-refractivity contribution < 1.29 is 4.39 Å². The summed E-state index contributed by atoms with van der Waals surface area (Å²) in [5.41, 5.74) is 1.08. The van der Waals surface area contributed by atoms with E-state index in [9.17, 15) is 4.39 Å². The first-order chi connectivity index (χ1) is 10.1. The number of thioether (sulfide) groups is 1. The summed E-state index contributed by atoms with van der Waals surface area (Å²) in [7, 11) is 0. The van der Waals surface area contributed by atoms with Gasteiger partial charge in [-0.15, -0.1) is 0 Å². The second kappa shape index (κ2) is 6.51. The molecule has 0 aliphatic carbocycles. The Kier molecular flexibility index (Phi) is 4.67. The molecule has 0 spiro atoms. The third kappa shape index (κ3) is 3.33. The fourth-order valence-electron chi connectivity index (χ4n) is 2.39. The van der Waals surface area contributed by atoms with Crippen LogP contribution in [0, 0.1) is 5.82 Å². The molecule has 1 fully saturated rings. The minimum atomic E-state index is -0.341. The minimum Gasteiger partial charge on any atom is -0.219 e. The van der Waals surface area contributed by atoms with E-state index in [0.717, 1.165) is 12.2 Å². The smallest absolute Gasteiger partial charge is 0.144 e. The van der Waals surface area contributed by atoms with Gasteiger partial charge in [0, 0.05) is 0 Å². The molecule has 0 amide bonds. The van der Waals surface area contributed by atoms with Crippen molar-refractivity contribution in [2.75, 3.05) is 5.75 Å². The number of hydrogen-bond acceptors (Lipinski definition) is 3. The molecule has 1 aromatic heterocycles. The molecule has 0 bridgehead atoms. The molecule has 1 aliphatic rings. The zero-order chi connectivity index (χ0) is 14.8. The number of benzene rings is 1. The summed E-state index contributed by atoms with van der Waals surface area (Å²) in [5, 5.41) is 0.804. The molecule has 0 saturated carbocycles. The average Bonchev–Trinajstić information content (AvgIpc) is 2.47. The zero-order valence-electron chi connectivity index (χ0n) is 11.2. The van der Waals surface area contributed by atoms with E-state index in [1.54, 1.807) is 12.1 Å². The Hall–Kier alpha value is -0.840. The molecule has 1 unspecified atom stereocenters. The number of rotatable bonds is 2. The Morgan fingerprint density at radius 1 is 1.14 bits per heavy atom. The molecule has 1 aromatic carbocycles. The Morgan fingerprint density at radius 2 is 1.90 bits per heavy atom. The standard InChI is InChI=1S/C15H13Cl2FN2S/c16-13-12(9-4-3-5-10(18)8-9)14(17)20-15(19-13)11-6-1-2-7-21-11/h3-5,8,11H,1-2,6-7H2. The SMILES string of the molecule is Fc1cccc(-c2c(Cl)nc(C3CCCCS3)nc2Cl)c1. The van der Waals surface area contributed by atoms with Crippen LogP contribution >= 0.6 is 35.0 Å². The largest absolute Gasteiger partial charge is 0.219 e. The van der Waals surface area contributed by atoms with Crippen LogP contribution in [0.4, 0.5) is 4.39 Å². The third-order valence-electron chi connectivity index (χ3n) is 3.42. The molecule has 6 heteroatoms. The molecular formula is C15H13Cl2FN2S. The predicted octanol–water partition coefficient (Wildman–Crippen LogP) is 5.55. The Labute approximate surface area is 137 Å². The van der Waals surface area contributed by atoms with Gasteiger partial charge in [0.2, 0.25) is 0 Å². The Morgan fingerprint density at radius 3 is 2.52 bits per heavy atom. The van der Waals surface area contributed by atoms with Crippen LogP contribution in [0.3, 0.4) is 0 Å². The van der Waals surface area contributed by atoms with E-state index in [-0.39, 0.29) is 21.4 Å². The monoisotopic (exact) mass is 342 g/mol. The van der Waals surface area contributed by atoms with E-state index in [1.165, 1.54) is 25.0 Å². The summed E-state index contributed by atoms with van der Waals surface area (Å²) < 4.78 is 13.4. The lowest BCUT2D eigenvalue weighted by Gasteiger charge is -2.20. The van der Waals surface area contributed by atoms with E-state index in [4.69, 9.17) is 23.2 Å². The fraction of sp³-hybridized carbons (Fsp3) is 0.333. The minimum absolute atomic E-state index is 0.246. The highest BCUT2D eigenvalue weighted by atomic mass is 35.5. The maximum absolute atomic E-state index is 13.4. The summed E-state index contributed by atoms with van der Waals surface area (Å²) in [6, 6.07) is 6.11. The maximum Gasteiger partial charge on any atom is 0.144 e. The van der Waals surface area contributed by atoms with Crippen molar-refractivity contribution in [2.24, 2.45) is 0 Å². The summed E-state index contributed by atoms with van der Waals surface area (Å²) in [6.07, 6.45) is 3.43. The van der Waals surface area contributed by atoms with Crippen molar-refractivity contribution >= 4 is 35.0 Å². The maximum atomic E-state index is 13.4. The second-order valence-corrected chi connectivity index (χ2v) is 6.93. The molecular weight excluding hydrogens is 330 g/mol. The van der Waals surface area contributed by atoms with Gasteiger partial charge < -0.3 is 0 Å². The highest BCUT2D eigenvalue weighted by Crippen LogP contribution is 2.40. The summed E-state index contributed by atoms with van der Waals surface area (Å²) >= 11 is 14.4. The van der Waals surface area contributed by atoms with Crippen molar-refractivity contribution in [1.29, 1.82) is 0 Å². The van der Waals surface area contributed by atoms with E-state index < -0.39 is 0 Å². The lowest BCUT2D eigenvalue weighted by atomic mass is 10.1. The highest BCUT2D eigenvalue weighted by Gasteiger charge is 2.22. The van der Waals surface area contributed by atoms with E-state index >= 15 is 0 Å². The zero-order valence-corrected chi connectivity index (χ0v) is 13.5. The second-order valence-electron chi connectivity index (χ2n) is 4.90. The molecule has 3 rings (SSSR count). The number of nitrogens with zero attached hydrogens (tertiary/aromatic N) is 2. The van der Waals surface area contributed by atoms with Crippen molar-refractivity contribution in [3.63, 3.8) is 0 Å². The lowest BCUT2D eigenvalue weighted by molar-refractivity contribution is 0.628. The average molecular weight is 343 g/mol. The van der Waals surface area contributed by atoms with Gasteiger partial charge in [0.1, 0.15) is 21.9 Å². The van der Waals surface area contributed by atoms with Crippen molar-refractivity contribution in [2.45, 2.75) is 24.5 Å². The van der Waals surface area contributed by atoms with Crippen LogP contribution in [0.15, 0.2) is 24.3 Å². The number of halogens is 3. The fourth-order valence-corrected chi connectivity index (χ4v) is 4.26. The van der Waals surface area contributed by atoms with Gasteiger partial charge in [-0.3, -0.25) is 0 Å². The molecule has 2 heterocycles. The van der Waals surface area contributed by atoms with Crippen LogP contribution in [-0.4, -0.2) is 15.7 Å². The van der Waals surface area contributed by atoms with Crippen molar-refractivity contribution in [1.82, 2.24) is 9.97 Å². The summed E-state index contributed by atoms with van der Waals surface area (Å²) in [6.45, 7) is 0. The van der Waals surface area contributed by atoms with Gasteiger partial charge in [-0.05, 0) is 36.3 Å². The summed E-state index contributed by atoms with van der Waals surface area (Å²) in [5.74, 6) is 1.44.